The van der Waals surface area contributed by atoms with Crippen molar-refractivity contribution in [1.29, 1.82) is 0 Å². The van der Waals surface area contributed by atoms with Gasteiger partial charge in [-0.2, -0.15) is 0 Å². The Hall–Kier alpha value is -2.40. The zero-order valence-corrected chi connectivity index (χ0v) is 16.5. The molecule has 0 atom stereocenters. The monoisotopic (exact) mass is 397 g/mol. The summed E-state index contributed by atoms with van der Waals surface area (Å²) in [7, 11) is 0. The Kier molecular flexibility index (Phi) is 5.36. The Morgan fingerprint density at radius 1 is 1.07 bits per heavy atom. The van der Waals surface area contributed by atoms with Crippen molar-refractivity contribution in [3.8, 4) is 0 Å². The molecule has 2 amide bonds. The maximum Gasteiger partial charge on any atom is 0.230 e. The molecule has 5 nitrogen and oxygen atoms in total. The number of rotatable bonds is 7. The fraction of sp³-hybridized carbons (Fsp3) is 0.409. The third kappa shape index (κ3) is 4.20. The number of hydrogen-bond acceptors (Lipinski definition) is 3. The average Bonchev–Trinajstić information content (AvgIpc) is 3.51. The summed E-state index contributed by atoms with van der Waals surface area (Å²) in [5.41, 5.74) is 1.64. The second-order valence-corrected chi connectivity index (χ2v) is 8.35. The highest BCUT2D eigenvalue weighted by atomic mass is 35.5. The zero-order valence-electron chi connectivity index (χ0n) is 15.7. The molecule has 0 radical (unpaired) electrons. The standard InChI is InChI=1S/C22H24ClN3O2/c23-19-5-1-17(2-6-19)13-22(14-26(15-22)20(27)18-3-4-18)21(28)25-12-9-16-7-10-24-11-8-16/h1-2,5-8,10-11,18H,3-4,9,12-15H2,(H,25,28). The van der Waals surface area contributed by atoms with Gasteiger partial charge in [-0.3, -0.25) is 14.6 Å². The first-order valence-corrected chi connectivity index (χ1v) is 10.1. The van der Waals surface area contributed by atoms with Crippen LogP contribution in [0, 0.1) is 11.3 Å². The van der Waals surface area contributed by atoms with Gasteiger partial charge in [-0.25, -0.2) is 0 Å². The number of aromatic nitrogens is 1. The molecule has 1 aromatic carbocycles. The predicted octanol–water partition coefficient (Wildman–Crippen LogP) is 2.88. The number of likely N-dealkylation sites (tertiary alicyclic amines) is 1. The van der Waals surface area contributed by atoms with Crippen LogP contribution in [0.2, 0.25) is 5.02 Å². The maximum atomic E-state index is 13.1. The molecular weight excluding hydrogens is 374 g/mol. The first kappa shape index (κ1) is 18.9. The number of nitrogens with one attached hydrogen (secondary N) is 1. The van der Waals surface area contributed by atoms with E-state index in [1.165, 1.54) is 0 Å². The lowest BCUT2D eigenvalue weighted by Gasteiger charge is -2.49. The fourth-order valence-corrected chi connectivity index (χ4v) is 3.94. The first-order valence-electron chi connectivity index (χ1n) is 9.76. The highest BCUT2D eigenvalue weighted by molar-refractivity contribution is 6.30. The molecule has 1 saturated carbocycles. The van der Waals surface area contributed by atoms with Crippen LogP contribution in [0.5, 0.6) is 0 Å². The number of hydrogen-bond donors (Lipinski definition) is 1. The van der Waals surface area contributed by atoms with Crippen LogP contribution in [0.1, 0.15) is 24.0 Å². The second-order valence-electron chi connectivity index (χ2n) is 7.91. The Balaban J connectivity index is 1.41. The molecule has 2 aromatic rings. The van der Waals surface area contributed by atoms with Crippen LogP contribution in [0.4, 0.5) is 0 Å². The van der Waals surface area contributed by atoms with Gasteiger partial charge in [0.25, 0.3) is 0 Å². The maximum absolute atomic E-state index is 13.1. The number of amides is 2. The number of carbonyl (C=O) groups excluding carboxylic acids is 2. The summed E-state index contributed by atoms with van der Waals surface area (Å²) in [6, 6.07) is 11.5. The molecule has 28 heavy (non-hydrogen) atoms. The van der Waals surface area contributed by atoms with Crippen molar-refractivity contribution in [1.82, 2.24) is 15.2 Å². The van der Waals surface area contributed by atoms with Crippen LogP contribution in [0.25, 0.3) is 0 Å². The topological polar surface area (TPSA) is 62.3 Å². The van der Waals surface area contributed by atoms with Gasteiger partial charge in [0.15, 0.2) is 0 Å². The van der Waals surface area contributed by atoms with Crippen molar-refractivity contribution in [3.63, 3.8) is 0 Å². The summed E-state index contributed by atoms with van der Waals surface area (Å²) in [6.45, 7) is 1.56. The lowest BCUT2D eigenvalue weighted by molar-refractivity contribution is -0.154. The second kappa shape index (κ2) is 7.92. The Morgan fingerprint density at radius 3 is 2.39 bits per heavy atom. The predicted molar refractivity (Wildman–Crippen MR) is 108 cm³/mol. The van der Waals surface area contributed by atoms with Gasteiger partial charge in [0.1, 0.15) is 0 Å². The third-order valence-corrected chi connectivity index (χ3v) is 5.86. The van der Waals surface area contributed by atoms with Crippen LogP contribution in [-0.2, 0) is 22.4 Å². The number of benzene rings is 1. The Bertz CT molecular complexity index is 844. The quantitative estimate of drug-likeness (QED) is 0.781. The summed E-state index contributed by atoms with van der Waals surface area (Å²) < 4.78 is 0. The van der Waals surface area contributed by atoms with Crippen molar-refractivity contribution >= 4 is 23.4 Å². The van der Waals surface area contributed by atoms with Gasteiger partial charge in [0.2, 0.25) is 11.8 Å². The molecule has 1 N–H and O–H groups in total. The van der Waals surface area contributed by atoms with E-state index in [4.69, 9.17) is 11.6 Å². The molecule has 2 heterocycles. The molecule has 2 aliphatic rings. The first-order chi connectivity index (χ1) is 13.6. The summed E-state index contributed by atoms with van der Waals surface area (Å²) in [4.78, 5) is 31.3. The Labute approximate surface area is 170 Å². The highest BCUT2D eigenvalue weighted by Crippen LogP contribution is 2.39. The zero-order chi connectivity index (χ0) is 19.6. The summed E-state index contributed by atoms with van der Waals surface area (Å²) in [5, 5.41) is 3.77. The number of nitrogens with zero attached hydrogens (tertiary/aromatic N) is 2. The molecule has 0 spiro atoms. The largest absolute Gasteiger partial charge is 0.355 e. The van der Waals surface area contributed by atoms with E-state index in [1.54, 1.807) is 12.4 Å². The minimum atomic E-state index is -0.559. The third-order valence-electron chi connectivity index (χ3n) is 5.61. The molecule has 0 unspecified atom stereocenters. The molecule has 2 fully saturated rings. The fourth-order valence-electron chi connectivity index (χ4n) is 3.81. The van der Waals surface area contributed by atoms with E-state index >= 15 is 0 Å². The van der Waals surface area contributed by atoms with Crippen molar-refractivity contribution in [3.05, 3.63) is 64.9 Å². The van der Waals surface area contributed by atoms with Crippen molar-refractivity contribution in [2.24, 2.45) is 11.3 Å². The lowest BCUT2D eigenvalue weighted by atomic mass is 9.73. The van der Waals surface area contributed by atoms with Gasteiger partial charge < -0.3 is 10.2 Å². The van der Waals surface area contributed by atoms with E-state index in [0.29, 0.717) is 31.1 Å². The van der Waals surface area contributed by atoms with Crippen molar-refractivity contribution in [2.45, 2.75) is 25.7 Å². The van der Waals surface area contributed by atoms with E-state index in [2.05, 4.69) is 10.3 Å². The van der Waals surface area contributed by atoms with E-state index in [-0.39, 0.29) is 17.7 Å². The SMILES string of the molecule is O=C(C1CC1)N1CC(Cc2ccc(Cl)cc2)(C(=O)NCCc2ccncc2)C1. The molecule has 0 bridgehead atoms. The van der Waals surface area contributed by atoms with Gasteiger partial charge >= 0.3 is 0 Å². The van der Waals surface area contributed by atoms with Crippen LogP contribution < -0.4 is 5.32 Å². The smallest absolute Gasteiger partial charge is 0.230 e. The minimum absolute atomic E-state index is 0.0244. The summed E-state index contributed by atoms with van der Waals surface area (Å²) in [5.74, 6) is 0.413. The van der Waals surface area contributed by atoms with E-state index in [0.717, 1.165) is 30.4 Å². The van der Waals surface area contributed by atoms with Crippen LogP contribution in [-0.4, -0.2) is 41.3 Å². The van der Waals surface area contributed by atoms with Crippen LogP contribution >= 0.6 is 11.6 Å². The van der Waals surface area contributed by atoms with Crippen LogP contribution in [0.15, 0.2) is 48.8 Å². The molecular formula is C22H24ClN3O2. The van der Waals surface area contributed by atoms with E-state index < -0.39 is 5.41 Å². The number of halogens is 1. The van der Waals surface area contributed by atoms with Crippen molar-refractivity contribution < 1.29 is 9.59 Å². The van der Waals surface area contributed by atoms with Gasteiger partial charge in [0.05, 0.1) is 5.41 Å². The summed E-state index contributed by atoms with van der Waals surface area (Å²) >= 11 is 5.99. The Morgan fingerprint density at radius 2 is 1.75 bits per heavy atom. The minimum Gasteiger partial charge on any atom is -0.355 e. The van der Waals surface area contributed by atoms with E-state index in [9.17, 15) is 9.59 Å². The average molecular weight is 398 g/mol. The van der Waals surface area contributed by atoms with Crippen LogP contribution in [0.3, 0.4) is 0 Å². The molecule has 1 aliphatic heterocycles. The highest BCUT2D eigenvalue weighted by Gasteiger charge is 2.52. The summed E-state index contributed by atoms with van der Waals surface area (Å²) in [6.07, 6.45) is 6.85. The molecule has 146 valence electrons. The lowest BCUT2D eigenvalue weighted by Crippen LogP contribution is -2.66. The number of carbonyl (C=O) groups is 2. The normalized spacial score (nSPS) is 17.7. The molecule has 1 saturated heterocycles. The molecule has 6 heteroatoms. The van der Waals surface area contributed by atoms with Gasteiger partial charge in [-0.1, -0.05) is 23.7 Å². The van der Waals surface area contributed by atoms with Gasteiger partial charge in [-0.15, -0.1) is 0 Å². The molecule has 4 rings (SSSR count). The molecule has 1 aliphatic carbocycles. The molecule has 1 aromatic heterocycles. The van der Waals surface area contributed by atoms with E-state index in [1.807, 2.05) is 41.3 Å². The number of pyridine rings is 1. The van der Waals surface area contributed by atoms with Gasteiger partial charge in [0, 0.05) is 43.0 Å². The van der Waals surface area contributed by atoms with Crippen molar-refractivity contribution in [2.75, 3.05) is 19.6 Å². The van der Waals surface area contributed by atoms with Gasteiger partial charge in [-0.05, 0) is 61.1 Å².